The summed E-state index contributed by atoms with van der Waals surface area (Å²) >= 11 is 0. The summed E-state index contributed by atoms with van der Waals surface area (Å²) < 4.78 is 0. The second-order valence-corrected chi connectivity index (χ2v) is 7.30. The normalized spacial score (nSPS) is 14.0. The Morgan fingerprint density at radius 1 is 0.968 bits per heavy atom. The number of primary amides is 1. The van der Waals surface area contributed by atoms with Gasteiger partial charge >= 0.3 is 0 Å². The first-order chi connectivity index (χ1) is 15.1. The van der Waals surface area contributed by atoms with Gasteiger partial charge < -0.3 is 21.7 Å². The molecule has 2 amide bonds. The standard InChI is InChI=1S/C25H24N4O2/c1-2-27-15-16-8-11-19(12-9-16)28-23(17-6-4-3-5-7-17)22-20-13-10-18(24(26)30)14-21(20)29-25(22)31/h3-14,27-28H,2,15H2,1H3,(H2,26,30)(H,29,31)/b23-22-. The number of fused-ring (bicyclic) bond motifs is 1. The Morgan fingerprint density at radius 3 is 2.39 bits per heavy atom. The van der Waals surface area contributed by atoms with Gasteiger partial charge in [-0.2, -0.15) is 0 Å². The Morgan fingerprint density at radius 2 is 1.71 bits per heavy atom. The second-order valence-electron chi connectivity index (χ2n) is 7.30. The van der Waals surface area contributed by atoms with Gasteiger partial charge in [0, 0.05) is 29.0 Å². The van der Waals surface area contributed by atoms with Crippen LogP contribution in [0.5, 0.6) is 0 Å². The molecule has 0 radical (unpaired) electrons. The number of carbonyl (C=O) groups is 2. The number of hydrogen-bond donors (Lipinski definition) is 4. The van der Waals surface area contributed by atoms with Crippen molar-refractivity contribution in [3.05, 3.63) is 95.1 Å². The first-order valence-corrected chi connectivity index (χ1v) is 10.2. The largest absolute Gasteiger partial charge is 0.366 e. The molecule has 3 aromatic rings. The van der Waals surface area contributed by atoms with E-state index < -0.39 is 5.91 Å². The molecule has 0 bridgehead atoms. The third kappa shape index (κ3) is 4.34. The molecule has 6 nitrogen and oxygen atoms in total. The highest BCUT2D eigenvalue weighted by Gasteiger charge is 2.29. The van der Waals surface area contributed by atoms with E-state index >= 15 is 0 Å². The molecule has 0 saturated carbocycles. The number of nitrogens with one attached hydrogen (secondary N) is 3. The van der Waals surface area contributed by atoms with E-state index in [0.717, 1.165) is 29.9 Å². The number of amides is 2. The smallest absolute Gasteiger partial charge is 0.258 e. The van der Waals surface area contributed by atoms with Crippen molar-refractivity contribution in [3.8, 4) is 0 Å². The fraction of sp³-hybridized carbons (Fsp3) is 0.120. The Kier molecular flexibility index (Phi) is 5.82. The van der Waals surface area contributed by atoms with Crippen LogP contribution in [0, 0.1) is 0 Å². The Hall–Kier alpha value is -3.90. The molecule has 0 unspecified atom stereocenters. The van der Waals surface area contributed by atoms with Crippen LogP contribution in [-0.4, -0.2) is 18.4 Å². The van der Waals surface area contributed by atoms with E-state index in [1.165, 1.54) is 5.56 Å². The summed E-state index contributed by atoms with van der Waals surface area (Å²) in [6, 6.07) is 22.8. The fourth-order valence-electron chi connectivity index (χ4n) is 3.58. The molecule has 1 heterocycles. The average Bonchev–Trinajstić information content (AvgIpc) is 3.12. The molecule has 156 valence electrons. The van der Waals surface area contributed by atoms with Gasteiger partial charge in [-0.1, -0.05) is 55.5 Å². The van der Waals surface area contributed by atoms with E-state index in [9.17, 15) is 9.59 Å². The number of carbonyl (C=O) groups excluding carboxylic acids is 2. The first-order valence-electron chi connectivity index (χ1n) is 10.2. The molecule has 0 aliphatic carbocycles. The van der Waals surface area contributed by atoms with E-state index in [1.807, 2.05) is 42.5 Å². The molecule has 0 saturated heterocycles. The summed E-state index contributed by atoms with van der Waals surface area (Å²) in [5.41, 5.74) is 11.2. The predicted molar refractivity (Wildman–Crippen MR) is 124 cm³/mol. The van der Waals surface area contributed by atoms with Gasteiger partial charge in [0.15, 0.2) is 0 Å². The quantitative estimate of drug-likeness (QED) is 0.444. The number of anilines is 2. The second kappa shape index (κ2) is 8.85. The minimum Gasteiger partial charge on any atom is -0.366 e. The summed E-state index contributed by atoms with van der Waals surface area (Å²) in [5.74, 6) is -0.764. The Labute approximate surface area is 181 Å². The van der Waals surface area contributed by atoms with Crippen molar-refractivity contribution in [2.75, 3.05) is 17.2 Å². The van der Waals surface area contributed by atoms with Crippen molar-refractivity contribution in [2.24, 2.45) is 5.73 Å². The van der Waals surface area contributed by atoms with E-state index in [1.54, 1.807) is 18.2 Å². The number of nitrogens with two attached hydrogens (primary N) is 1. The lowest BCUT2D eigenvalue weighted by Crippen LogP contribution is -2.12. The molecule has 0 spiro atoms. The minimum absolute atomic E-state index is 0.230. The summed E-state index contributed by atoms with van der Waals surface area (Å²) in [4.78, 5) is 24.5. The Balaban J connectivity index is 1.77. The summed E-state index contributed by atoms with van der Waals surface area (Å²) in [5, 5.41) is 9.60. The third-order valence-corrected chi connectivity index (χ3v) is 5.16. The van der Waals surface area contributed by atoms with Crippen LogP contribution in [0.4, 0.5) is 11.4 Å². The summed E-state index contributed by atoms with van der Waals surface area (Å²) in [6.07, 6.45) is 0. The van der Waals surface area contributed by atoms with E-state index in [4.69, 9.17) is 5.73 Å². The van der Waals surface area contributed by atoms with Gasteiger partial charge in [-0.3, -0.25) is 9.59 Å². The molecule has 1 aliphatic heterocycles. The van der Waals surface area contributed by atoms with E-state index in [-0.39, 0.29) is 5.91 Å². The molecule has 0 fully saturated rings. The Bertz CT molecular complexity index is 1150. The molecule has 0 aromatic heterocycles. The maximum atomic E-state index is 13.0. The van der Waals surface area contributed by atoms with Crippen molar-refractivity contribution in [2.45, 2.75) is 13.5 Å². The molecule has 3 aromatic carbocycles. The van der Waals surface area contributed by atoms with Crippen LogP contribution in [0.25, 0.3) is 11.3 Å². The zero-order valence-electron chi connectivity index (χ0n) is 17.2. The topological polar surface area (TPSA) is 96.2 Å². The van der Waals surface area contributed by atoms with Gasteiger partial charge in [-0.05, 0) is 41.9 Å². The zero-order chi connectivity index (χ0) is 21.8. The van der Waals surface area contributed by atoms with Gasteiger partial charge in [0.1, 0.15) is 0 Å². The predicted octanol–water partition coefficient (Wildman–Crippen LogP) is 3.83. The van der Waals surface area contributed by atoms with Crippen molar-refractivity contribution in [1.29, 1.82) is 0 Å². The van der Waals surface area contributed by atoms with Gasteiger partial charge in [0.2, 0.25) is 5.91 Å². The van der Waals surface area contributed by atoms with Crippen LogP contribution in [0.3, 0.4) is 0 Å². The van der Waals surface area contributed by atoms with Crippen LogP contribution >= 0.6 is 0 Å². The third-order valence-electron chi connectivity index (χ3n) is 5.16. The monoisotopic (exact) mass is 412 g/mol. The molecule has 5 N–H and O–H groups in total. The average molecular weight is 412 g/mol. The fourth-order valence-corrected chi connectivity index (χ4v) is 3.58. The van der Waals surface area contributed by atoms with Gasteiger partial charge in [-0.15, -0.1) is 0 Å². The molecule has 0 atom stereocenters. The maximum Gasteiger partial charge on any atom is 0.258 e. The van der Waals surface area contributed by atoms with Gasteiger partial charge in [0.05, 0.1) is 11.3 Å². The molecule has 1 aliphatic rings. The van der Waals surface area contributed by atoms with Gasteiger partial charge in [-0.25, -0.2) is 0 Å². The minimum atomic E-state index is -0.534. The number of rotatable bonds is 7. The summed E-state index contributed by atoms with van der Waals surface area (Å²) in [6.45, 7) is 3.79. The molecule has 6 heteroatoms. The van der Waals surface area contributed by atoms with Crippen LogP contribution in [0.15, 0.2) is 72.8 Å². The highest BCUT2D eigenvalue weighted by Crippen LogP contribution is 2.38. The van der Waals surface area contributed by atoms with Crippen LogP contribution in [0.2, 0.25) is 0 Å². The van der Waals surface area contributed by atoms with Crippen molar-refractivity contribution in [3.63, 3.8) is 0 Å². The lowest BCUT2D eigenvalue weighted by atomic mass is 9.99. The highest BCUT2D eigenvalue weighted by molar-refractivity contribution is 6.37. The lowest BCUT2D eigenvalue weighted by molar-refractivity contribution is -0.110. The first kappa shape index (κ1) is 20.4. The van der Waals surface area contributed by atoms with Gasteiger partial charge in [0.25, 0.3) is 5.91 Å². The van der Waals surface area contributed by atoms with Crippen LogP contribution in [-0.2, 0) is 11.3 Å². The van der Waals surface area contributed by atoms with E-state index in [0.29, 0.717) is 22.5 Å². The van der Waals surface area contributed by atoms with Crippen LogP contribution < -0.4 is 21.7 Å². The van der Waals surface area contributed by atoms with Crippen molar-refractivity contribution < 1.29 is 9.59 Å². The van der Waals surface area contributed by atoms with Crippen LogP contribution in [0.1, 0.15) is 34.0 Å². The molecular weight excluding hydrogens is 388 g/mol. The SMILES string of the molecule is CCNCc1ccc(N/C(=C2\C(=O)Nc3cc(C(N)=O)ccc32)c2ccccc2)cc1. The number of hydrogen-bond acceptors (Lipinski definition) is 4. The zero-order valence-corrected chi connectivity index (χ0v) is 17.2. The molecule has 4 rings (SSSR count). The number of benzene rings is 3. The van der Waals surface area contributed by atoms with E-state index in [2.05, 4.69) is 35.0 Å². The van der Waals surface area contributed by atoms with Crippen molar-refractivity contribution >= 4 is 34.5 Å². The molecule has 31 heavy (non-hydrogen) atoms. The molecular formula is C25H24N4O2. The van der Waals surface area contributed by atoms with Crippen molar-refractivity contribution in [1.82, 2.24) is 5.32 Å². The lowest BCUT2D eigenvalue weighted by Gasteiger charge is -2.15. The summed E-state index contributed by atoms with van der Waals surface area (Å²) in [7, 11) is 0. The highest BCUT2D eigenvalue weighted by atomic mass is 16.2. The maximum absolute atomic E-state index is 13.0.